The lowest BCUT2D eigenvalue weighted by Gasteiger charge is -2.16. The number of amides is 1. The van der Waals surface area contributed by atoms with E-state index in [1.807, 2.05) is 6.92 Å². The Hall–Kier alpha value is -1.78. The second kappa shape index (κ2) is 6.08. The molecule has 1 amide bonds. The van der Waals surface area contributed by atoms with E-state index >= 15 is 0 Å². The molecule has 1 aromatic rings. The normalized spacial score (nSPS) is 11.8. The van der Waals surface area contributed by atoms with Gasteiger partial charge >= 0.3 is 0 Å². The van der Waals surface area contributed by atoms with Crippen LogP contribution >= 0.6 is 0 Å². The number of anilines is 1. The number of nitrogens with one attached hydrogen (secondary N) is 2. The highest BCUT2D eigenvalue weighted by Gasteiger charge is 2.13. The molecule has 0 saturated carbocycles. The van der Waals surface area contributed by atoms with Crippen molar-refractivity contribution in [1.29, 1.82) is 0 Å². The first-order valence-electron chi connectivity index (χ1n) is 5.46. The van der Waals surface area contributed by atoms with Crippen LogP contribution in [-0.4, -0.2) is 25.6 Å². The third-order valence-electron chi connectivity index (χ3n) is 2.28. The molecule has 0 aliphatic heterocycles. The molecular formula is C12H17FN2O2. The van der Waals surface area contributed by atoms with Gasteiger partial charge in [-0.3, -0.25) is 4.79 Å². The van der Waals surface area contributed by atoms with E-state index in [1.54, 1.807) is 13.0 Å². The highest BCUT2D eigenvalue weighted by atomic mass is 19.1. The van der Waals surface area contributed by atoms with Crippen molar-refractivity contribution in [2.45, 2.75) is 19.9 Å². The number of benzene rings is 1. The summed E-state index contributed by atoms with van der Waals surface area (Å²) in [7, 11) is 1.46. The van der Waals surface area contributed by atoms with Gasteiger partial charge in [-0.25, -0.2) is 4.39 Å². The van der Waals surface area contributed by atoms with Gasteiger partial charge in [-0.15, -0.1) is 0 Å². The number of likely N-dealkylation sites (N-methyl/N-ethyl adjacent to an activating group) is 1. The summed E-state index contributed by atoms with van der Waals surface area (Å²) in [6.45, 7) is 4.16. The van der Waals surface area contributed by atoms with E-state index < -0.39 is 6.04 Å². The van der Waals surface area contributed by atoms with Crippen LogP contribution < -0.4 is 15.4 Å². The lowest BCUT2D eigenvalue weighted by Crippen LogP contribution is -2.37. The van der Waals surface area contributed by atoms with Gasteiger partial charge in [0.15, 0.2) is 0 Å². The van der Waals surface area contributed by atoms with E-state index in [1.165, 1.54) is 19.2 Å². The van der Waals surface area contributed by atoms with E-state index in [2.05, 4.69) is 10.6 Å². The maximum absolute atomic E-state index is 13.0. The minimum absolute atomic E-state index is 0.112. The Bertz CT molecular complexity index is 396. The van der Waals surface area contributed by atoms with Gasteiger partial charge in [0.25, 0.3) is 0 Å². The van der Waals surface area contributed by atoms with Gasteiger partial charge in [0.2, 0.25) is 5.91 Å². The fraction of sp³-hybridized carbons (Fsp3) is 0.417. The smallest absolute Gasteiger partial charge is 0.242 e. The molecule has 0 radical (unpaired) electrons. The predicted octanol–water partition coefficient (Wildman–Crippen LogP) is 1.77. The Balaban J connectivity index is 2.77. The Morgan fingerprint density at radius 2 is 2.24 bits per heavy atom. The number of rotatable bonds is 5. The van der Waals surface area contributed by atoms with Crippen LogP contribution in [0.3, 0.4) is 0 Å². The molecule has 0 aromatic heterocycles. The number of hydrogen-bond donors (Lipinski definition) is 2. The van der Waals surface area contributed by atoms with Crippen molar-refractivity contribution >= 4 is 11.6 Å². The van der Waals surface area contributed by atoms with Gasteiger partial charge in [-0.2, -0.15) is 0 Å². The number of hydrogen-bond acceptors (Lipinski definition) is 3. The summed E-state index contributed by atoms with van der Waals surface area (Å²) in [5.41, 5.74) is 0.590. The quantitative estimate of drug-likeness (QED) is 0.824. The minimum atomic E-state index is -0.408. The van der Waals surface area contributed by atoms with Crippen molar-refractivity contribution in [3.05, 3.63) is 24.0 Å². The van der Waals surface area contributed by atoms with Gasteiger partial charge < -0.3 is 15.4 Å². The maximum Gasteiger partial charge on any atom is 0.242 e. The second-order valence-electron chi connectivity index (χ2n) is 3.61. The summed E-state index contributed by atoms with van der Waals surface area (Å²) in [6.07, 6.45) is 0. The van der Waals surface area contributed by atoms with Crippen LogP contribution in [0.15, 0.2) is 18.2 Å². The van der Waals surface area contributed by atoms with Crippen LogP contribution in [0, 0.1) is 5.82 Å². The van der Waals surface area contributed by atoms with Gasteiger partial charge in [-0.1, -0.05) is 0 Å². The zero-order valence-electron chi connectivity index (χ0n) is 10.2. The van der Waals surface area contributed by atoms with E-state index in [4.69, 9.17) is 4.74 Å². The number of carbonyl (C=O) groups excluding carboxylic acids is 1. The summed E-state index contributed by atoms with van der Waals surface area (Å²) < 4.78 is 18.0. The molecule has 0 aliphatic rings. The van der Waals surface area contributed by atoms with Crippen molar-refractivity contribution in [2.24, 2.45) is 0 Å². The third-order valence-corrected chi connectivity index (χ3v) is 2.28. The van der Waals surface area contributed by atoms with Crippen molar-refractivity contribution in [1.82, 2.24) is 5.32 Å². The molecule has 0 saturated heterocycles. The maximum atomic E-state index is 13.0. The first-order chi connectivity index (χ1) is 8.08. The van der Waals surface area contributed by atoms with Crippen LogP contribution in [0.4, 0.5) is 10.1 Å². The molecule has 1 unspecified atom stereocenters. The van der Waals surface area contributed by atoms with E-state index in [9.17, 15) is 9.18 Å². The van der Waals surface area contributed by atoms with Gasteiger partial charge in [0.1, 0.15) is 17.6 Å². The molecule has 2 N–H and O–H groups in total. The van der Waals surface area contributed by atoms with Crippen molar-refractivity contribution in [2.75, 3.05) is 19.0 Å². The fourth-order valence-corrected chi connectivity index (χ4v) is 1.41. The predicted molar refractivity (Wildman–Crippen MR) is 64.7 cm³/mol. The van der Waals surface area contributed by atoms with E-state index in [0.717, 1.165) is 0 Å². The summed E-state index contributed by atoms with van der Waals surface area (Å²) in [6, 6.07) is 3.72. The topological polar surface area (TPSA) is 50.4 Å². The number of methoxy groups -OCH3 is 1. The SMILES string of the molecule is CCNC(=O)C(C)Nc1ccc(F)cc1OC. The van der Waals surface area contributed by atoms with Crippen molar-refractivity contribution in [3.63, 3.8) is 0 Å². The third kappa shape index (κ3) is 3.62. The fourth-order valence-electron chi connectivity index (χ4n) is 1.41. The van der Waals surface area contributed by atoms with Crippen LogP contribution in [0.25, 0.3) is 0 Å². The van der Waals surface area contributed by atoms with E-state index in [-0.39, 0.29) is 11.7 Å². The molecule has 17 heavy (non-hydrogen) atoms. The molecule has 0 heterocycles. The first-order valence-corrected chi connectivity index (χ1v) is 5.46. The van der Waals surface area contributed by atoms with Crippen molar-refractivity contribution in [3.8, 4) is 5.75 Å². The molecular weight excluding hydrogens is 223 g/mol. The Morgan fingerprint density at radius 3 is 2.82 bits per heavy atom. The van der Waals surface area contributed by atoms with Crippen LogP contribution in [0.2, 0.25) is 0 Å². The monoisotopic (exact) mass is 240 g/mol. The second-order valence-corrected chi connectivity index (χ2v) is 3.61. The molecule has 94 valence electrons. The summed E-state index contributed by atoms with van der Waals surface area (Å²) in [5, 5.41) is 5.67. The molecule has 4 nitrogen and oxygen atoms in total. The van der Waals surface area contributed by atoms with E-state index in [0.29, 0.717) is 18.0 Å². The van der Waals surface area contributed by atoms with Gasteiger partial charge in [0.05, 0.1) is 12.8 Å². The number of ether oxygens (including phenoxy) is 1. The lowest BCUT2D eigenvalue weighted by molar-refractivity contribution is -0.121. The molecule has 1 rings (SSSR count). The summed E-state index contributed by atoms with van der Waals surface area (Å²) in [4.78, 5) is 11.5. The molecule has 5 heteroatoms. The molecule has 0 aliphatic carbocycles. The van der Waals surface area contributed by atoms with Crippen molar-refractivity contribution < 1.29 is 13.9 Å². The molecule has 0 bridgehead atoms. The highest BCUT2D eigenvalue weighted by Crippen LogP contribution is 2.25. The average molecular weight is 240 g/mol. The van der Waals surface area contributed by atoms with Crippen LogP contribution in [0.1, 0.15) is 13.8 Å². The Morgan fingerprint density at radius 1 is 1.53 bits per heavy atom. The number of halogens is 1. The Labute approximate surface area is 100 Å². The standard InChI is InChI=1S/C12H17FN2O2/c1-4-14-12(16)8(2)15-10-6-5-9(13)7-11(10)17-3/h5-8,15H,4H2,1-3H3,(H,14,16). The zero-order valence-corrected chi connectivity index (χ0v) is 10.2. The molecule has 0 fully saturated rings. The lowest BCUT2D eigenvalue weighted by atomic mass is 10.2. The highest BCUT2D eigenvalue weighted by molar-refractivity contribution is 5.84. The van der Waals surface area contributed by atoms with Crippen LogP contribution in [0.5, 0.6) is 5.75 Å². The largest absolute Gasteiger partial charge is 0.494 e. The first kappa shape index (κ1) is 13.3. The molecule has 0 spiro atoms. The summed E-state index contributed by atoms with van der Waals surface area (Å²) in [5.74, 6) is -0.113. The average Bonchev–Trinajstić information content (AvgIpc) is 2.31. The zero-order chi connectivity index (χ0) is 12.8. The molecule has 1 aromatic carbocycles. The van der Waals surface area contributed by atoms with Crippen LogP contribution in [-0.2, 0) is 4.79 Å². The number of carbonyl (C=O) groups is 1. The Kier molecular flexibility index (Phi) is 4.75. The van der Waals surface area contributed by atoms with Gasteiger partial charge in [0, 0.05) is 12.6 Å². The van der Waals surface area contributed by atoms with Gasteiger partial charge in [-0.05, 0) is 26.0 Å². The molecule has 1 atom stereocenters. The summed E-state index contributed by atoms with van der Waals surface area (Å²) >= 11 is 0. The minimum Gasteiger partial charge on any atom is -0.494 e.